The van der Waals surface area contributed by atoms with E-state index in [9.17, 15) is 10.00 Å². The molecule has 0 spiro atoms. The van der Waals surface area contributed by atoms with Crippen LogP contribution in [-0.4, -0.2) is 67.5 Å². The van der Waals surface area contributed by atoms with Crippen LogP contribution in [0.4, 0.5) is 11.8 Å². The van der Waals surface area contributed by atoms with Crippen molar-refractivity contribution in [2.45, 2.75) is 43.8 Å². The van der Waals surface area contributed by atoms with Crippen molar-refractivity contribution < 1.29 is 23.8 Å². The number of aliphatic hydroxyl groups is 1. The molecular formula is C15H22N6O5PS+. The quantitative estimate of drug-likeness (QED) is 0.398. The molecular weight excluding hydrogens is 407 g/mol. The number of imidazole rings is 1. The highest BCUT2D eigenvalue weighted by atomic mass is 32.7. The van der Waals surface area contributed by atoms with Crippen LogP contribution in [0.2, 0.25) is 0 Å². The van der Waals surface area contributed by atoms with Gasteiger partial charge in [0.1, 0.15) is 25.1 Å². The Morgan fingerprint density at radius 1 is 1.25 bits per heavy atom. The topological polar surface area (TPSA) is 141 Å². The first kappa shape index (κ1) is 18.7. The van der Waals surface area contributed by atoms with Crippen molar-refractivity contribution in [3.63, 3.8) is 0 Å². The minimum absolute atomic E-state index is 0.0782. The number of nitrogen functional groups attached to an aromatic ring is 1. The Morgan fingerprint density at radius 3 is 2.82 bits per heavy atom. The lowest BCUT2D eigenvalue weighted by Crippen LogP contribution is -2.40. The molecule has 0 bridgehead atoms. The second-order valence-corrected chi connectivity index (χ2v) is 10.1. The summed E-state index contributed by atoms with van der Waals surface area (Å²) in [6.07, 6.45) is 1.45. The lowest BCUT2D eigenvalue weighted by Gasteiger charge is -2.30. The van der Waals surface area contributed by atoms with Crippen LogP contribution in [0.25, 0.3) is 11.2 Å². The Kier molecular flexibility index (Phi) is 4.62. The van der Waals surface area contributed by atoms with E-state index in [0.717, 1.165) is 25.9 Å². The maximum atomic E-state index is 11.0. The third-order valence-corrected chi connectivity index (χ3v) is 6.99. The Balaban J connectivity index is 1.59. The molecule has 5 heterocycles. The van der Waals surface area contributed by atoms with E-state index in [-0.39, 0.29) is 12.4 Å². The Hall–Kier alpha value is -1.27. The van der Waals surface area contributed by atoms with Crippen LogP contribution in [0.3, 0.4) is 0 Å². The van der Waals surface area contributed by atoms with E-state index in [1.165, 1.54) is 12.7 Å². The van der Waals surface area contributed by atoms with Gasteiger partial charge in [0.05, 0.1) is 12.2 Å². The second-order valence-electron chi connectivity index (χ2n) is 7.17. The maximum Gasteiger partial charge on any atom is 0.476 e. The molecule has 28 heavy (non-hydrogen) atoms. The van der Waals surface area contributed by atoms with Crippen LogP contribution in [0, 0.1) is 0 Å². The molecule has 5 rings (SSSR count). The van der Waals surface area contributed by atoms with Gasteiger partial charge in [-0.3, -0.25) is 4.57 Å². The minimum Gasteiger partial charge on any atom is -0.385 e. The summed E-state index contributed by atoms with van der Waals surface area (Å²) in [7, 11) is -3.27. The smallest absolute Gasteiger partial charge is 0.385 e. The number of hydrogen-bond donors (Lipinski definition) is 4. The third-order valence-electron chi connectivity index (χ3n) is 5.36. The van der Waals surface area contributed by atoms with Gasteiger partial charge < -0.3 is 20.5 Å². The van der Waals surface area contributed by atoms with Crippen LogP contribution >= 0.6 is 19.4 Å². The molecule has 3 aliphatic rings. The highest BCUT2D eigenvalue weighted by Gasteiger charge is 2.58. The second kappa shape index (κ2) is 6.91. The number of hydrogen-bond acceptors (Lipinski definition) is 11. The van der Waals surface area contributed by atoms with Crippen molar-refractivity contribution in [2.24, 2.45) is 0 Å². The average Bonchev–Trinajstić information content (AvgIpc) is 3.21. The fourth-order valence-electron chi connectivity index (χ4n) is 4.02. The normalized spacial score (nSPS) is 36.0. The fraction of sp³-hybridized carbons (Fsp3) is 0.667. The number of rotatable bonds is 2. The van der Waals surface area contributed by atoms with Crippen molar-refractivity contribution in [1.82, 2.24) is 19.5 Å². The molecule has 3 unspecified atom stereocenters. The maximum absolute atomic E-state index is 11.0. The van der Waals surface area contributed by atoms with Gasteiger partial charge in [-0.25, -0.2) is 15.0 Å². The molecule has 3 saturated heterocycles. The lowest BCUT2D eigenvalue weighted by atomic mass is 10.1. The van der Waals surface area contributed by atoms with Gasteiger partial charge in [-0.15, -0.1) is 0 Å². The summed E-state index contributed by atoms with van der Waals surface area (Å²) in [4.78, 5) is 25.2. The van der Waals surface area contributed by atoms with Gasteiger partial charge in [-0.2, -0.15) is 13.9 Å². The first-order valence-electron chi connectivity index (χ1n) is 9.19. The summed E-state index contributed by atoms with van der Waals surface area (Å²) in [5.41, 5.74) is 6.96. The molecule has 11 nitrogen and oxygen atoms in total. The van der Waals surface area contributed by atoms with Gasteiger partial charge in [0.25, 0.3) is 0 Å². The average molecular weight is 429 g/mol. The zero-order chi connectivity index (χ0) is 19.5. The molecule has 5 atom stereocenters. The Bertz CT molecular complexity index is 893. The zero-order valence-electron chi connectivity index (χ0n) is 15.0. The van der Waals surface area contributed by atoms with E-state index in [1.54, 1.807) is 4.57 Å². The third kappa shape index (κ3) is 3.04. The summed E-state index contributed by atoms with van der Waals surface area (Å²) in [6, 6.07) is 0. The lowest BCUT2D eigenvalue weighted by molar-refractivity contribution is -0.0595. The van der Waals surface area contributed by atoms with Crippen LogP contribution in [0.15, 0.2) is 6.33 Å². The van der Waals surface area contributed by atoms with Crippen molar-refractivity contribution >= 4 is 42.3 Å². The van der Waals surface area contributed by atoms with Gasteiger partial charge >= 0.3 is 7.15 Å². The van der Waals surface area contributed by atoms with E-state index < -0.39 is 31.7 Å². The van der Waals surface area contributed by atoms with Crippen LogP contribution in [0.5, 0.6) is 0 Å². The van der Waals surface area contributed by atoms with Crippen molar-refractivity contribution in [2.75, 3.05) is 30.3 Å². The van der Waals surface area contributed by atoms with Crippen LogP contribution in [0.1, 0.15) is 25.5 Å². The Labute approximate surface area is 166 Å². The number of aliphatic hydroxyl groups excluding tert-OH is 1. The predicted octanol–water partition coefficient (Wildman–Crippen LogP) is 0.672. The summed E-state index contributed by atoms with van der Waals surface area (Å²) in [5, 5.41) is 11.0. The van der Waals surface area contributed by atoms with Gasteiger partial charge in [0.2, 0.25) is 5.95 Å². The van der Waals surface area contributed by atoms with Gasteiger partial charge in [-0.1, -0.05) is 0 Å². The van der Waals surface area contributed by atoms with Crippen LogP contribution in [-0.2, 0) is 13.8 Å². The van der Waals surface area contributed by atoms with E-state index in [2.05, 4.69) is 32.1 Å². The van der Waals surface area contributed by atoms with Crippen molar-refractivity contribution in [3.8, 4) is 0 Å². The number of anilines is 2. The highest BCUT2D eigenvalue weighted by molar-refractivity contribution is 8.47. The zero-order valence-corrected chi connectivity index (χ0v) is 16.7. The summed E-state index contributed by atoms with van der Waals surface area (Å²) in [5.74, 6) is 0.892. The number of piperidine rings is 1. The SMILES string of the molecule is Nc1ncnc2c1nc(N1CCCCC1)n2[C@@H]1OC2CO[P+](O)(S)O[C@@H]2C1O. The number of nitrogens with zero attached hydrogens (tertiary/aromatic N) is 5. The monoisotopic (exact) mass is 429 g/mol. The van der Waals surface area contributed by atoms with E-state index >= 15 is 0 Å². The molecule has 152 valence electrons. The van der Waals surface area contributed by atoms with Gasteiger partial charge in [-0.05, 0) is 19.3 Å². The molecule has 3 fully saturated rings. The predicted molar refractivity (Wildman–Crippen MR) is 105 cm³/mol. The molecule has 0 aromatic carbocycles. The molecule has 2 aromatic rings. The summed E-state index contributed by atoms with van der Waals surface area (Å²) >= 11 is 4.01. The molecule has 0 radical (unpaired) electrons. The number of aromatic nitrogens is 4. The molecule has 3 aliphatic heterocycles. The molecule has 2 aromatic heterocycles. The highest BCUT2D eigenvalue weighted by Crippen LogP contribution is 2.66. The molecule has 0 amide bonds. The first-order valence-corrected chi connectivity index (χ1v) is 11.9. The molecule has 4 N–H and O–H groups in total. The van der Waals surface area contributed by atoms with E-state index in [1.807, 2.05) is 0 Å². The van der Waals surface area contributed by atoms with E-state index in [0.29, 0.717) is 17.1 Å². The van der Waals surface area contributed by atoms with E-state index in [4.69, 9.17) is 19.5 Å². The standard InChI is InChI=1S/C15H22N6O5PS/c16-12-9-13(18-7-17-12)21(15(19-9)20-4-2-1-3-5-20)14-10(22)11-8(25-14)6-24-27(23,28)26-11/h7-8,10-11,14,22-23,28H,1-6H2,(H2,16,17,18)/q+1/t8?,10?,11-,14+,27?/m0/s1. The number of nitrogens with two attached hydrogens (primary N) is 1. The molecule has 0 saturated carbocycles. The minimum atomic E-state index is -3.27. The largest absolute Gasteiger partial charge is 0.476 e. The molecule has 13 heteroatoms. The van der Waals surface area contributed by atoms with Crippen LogP contribution < -0.4 is 10.6 Å². The number of thiol groups is 1. The number of fused-ring (bicyclic) bond motifs is 2. The number of ether oxygens (including phenoxy) is 1. The first-order chi connectivity index (χ1) is 13.4. The van der Waals surface area contributed by atoms with Gasteiger partial charge in [0, 0.05) is 13.1 Å². The summed E-state index contributed by atoms with van der Waals surface area (Å²) in [6.45, 7) is 1.76. The van der Waals surface area contributed by atoms with Crippen molar-refractivity contribution in [1.29, 1.82) is 0 Å². The fourth-order valence-corrected chi connectivity index (χ4v) is 5.53. The van der Waals surface area contributed by atoms with Crippen molar-refractivity contribution in [3.05, 3.63) is 6.33 Å². The molecule has 0 aliphatic carbocycles. The summed E-state index contributed by atoms with van der Waals surface area (Å²) < 4.78 is 18.5. The Morgan fingerprint density at radius 2 is 2.04 bits per heavy atom. The van der Waals surface area contributed by atoms with Gasteiger partial charge in [0.15, 0.2) is 29.3 Å².